The first-order valence-electron chi connectivity index (χ1n) is 26.9. The molecular weight excluding hydrogens is 775 g/mol. The fraction of sp³-hybridized carbons (Fsp3) is 0.943. The van der Waals surface area contributed by atoms with E-state index in [1.807, 2.05) is 0 Å². The summed E-state index contributed by atoms with van der Waals surface area (Å²) in [6, 6.07) is 0. The van der Waals surface area contributed by atoms with Crippen molar-refractivity contribution in [2.75, 3.05) is 79.7 Å². The van der Waals surface area contributed by atoms with E-state index in [1.54, 1.807) is 0 Å². The van der Waals surface area contributed by atoms with Crippen LogP contribution in [-0.2, 0) is 28.6 Å². The lowest BCUT2D eigenvalue weighted by Crippen LogP contribution is -2.35. The minimum absolute atomic E-state index is 0.104. The van der Waals surface area contributed by atoms with Gasteiger partial charge in [0.2, 0.25) is 0 Å². The molecule has 62 heavy (non-hydrogen) atoms. The number of carbonyl (C=O) groups is 3. The number of carbonyl (C=O) groups excluding carboxylic acids is 3. The number of unbranched alkanes of at least 4 members (excludes halogenated alkanes) is 27. The molecule has 0 fully saturated rings. The predicted molar refractivity (Wildman–Crippen MR) is 263 cm³/mol. The van der Waals surface area contributed by atoms with Crippen molar-refractivity contribution < 1.29 is 28.6 Å². The van der Waals surface area contributed by atoms with E-state index < -0.39 is 0 Å². The summed E-state index contributed by atoms with van der Waals surface area (Å²) in [4.78, 5) is 45.1. The van der Waals surface area contributed by atoms with Gasteiger partial charge in [0.1, 0.15) is 0 Å². The van der Waals surface area contributed by atoms with Gasteiger partial charge in [-0.2, -0.15) is 0 Å². The Morgan fingerprint density at radius 1 is 0.290 bits per heavy atom. The number of ether oxygens (including phenoxy) is 3. The van der Waals surface area contributed by atoms with Gasteiger partial charge < -0.3 is 28.9 Å². The van der Waals surface area contributed by atoms with Crippen LogP contribution in [0, 0.1) is 0 Å². The molecule has 0 saturated carbocycles. The maximum atomic E-state index is 12.8. The first-order valence-corrected chi connectivity index (χ1v) is 26.9. The molecule has 0 heterocycles. The van der Waals surface area contributed by atoms with Crippen molar-refractivity contribution in [1.29, 1.82) is 0 Å². The van der Waals surface area contributed by atoms with Gasteiger partial charge in [-0.3, -0.25) is 14.4 Å². The van der Waals surface area contributed by atoms with Gasteiger partial charge in [-0.05, 0) is 72.4 Å². The van der Waals surface area contributed by atoms with Gasteiger partial charge >= 0.3 is 17.9 Å². The zero-order valence-corrected chi connectivity index (χ0v) is 42.1. The number of nitrogens with zero attached hydrogens (tertiary/aromatic N) is 3. The fourth-order valence-electron chi connectivity index (χ4n) is 8.09. The highest BCUT2D eigenvalue weighted by molar-refractivity contribution is 5.70. The molecule has 368 valence electrons. The molecule has 0 atom stereocenters. The van der Waals surface area contributed by atoms with E-state index >= 15 is 0 Å². The Labute approximate surface area is 385 Å². The fourth-order valence-corrected chi connectivity index (χ4v) is 8.09. The molecule has 0 saturated heterocycles. The van der Waals surface area contributed by atoms with Gasteiger partial charge in [0.05, 0.1) is 39.1 Å². The summed E-state index contributed by atoms with van der Waals surface area (Å²) in [5.74, 6) is -0.417. The Morgan fingerprint density at radius 2 is 0.516 bits per heavy atom. The lowest BCUT2D eigenvalue weighted by molar-refractivity contribution is -0.145. The summed E-state index contributed by atoms with van der Waals surface area (Å²) in [6.07, 6.45) is 40.6. The van der Waals surface area contributed by atoms with Gasteiger partial charge in [-0.1, -0.05) is 194 Å². The molecule has 0 aromatic carbocycles. The number of esters is 3. The zero-order valence-electron chi connectivity index (χ0n) is 42.1. The van der Waals surface area contributed by atoms with Crippen LogP contribution >= 0.6 is 0 Å². The Balaban J connectivity index is 4.80. The molecule has 9 nitrogen and oxygen atoms in total. The van der Waals surface area contributed by atoms with Crippen molar-refractivity contribution >= 4 is 17.9 Å². The number of hydrogen-bond donors (Lipinski definition) is 0. The Hall–Kier alpha value is -1.71. The van der Waals surface area contributed by atoms with Crippen LogP contribution in [-0.4, -0.2) is 112 Å². The molecule has 0 aromatic rings. The lowest BCUT2D eigenvalue weighted by Gasteiger charge is -2.26. The van der Waals surface area contributed by atoms with Gasteiger partial charge in [0, 0.05) is 19.6 Å². The highest BCUT2D eigenvalue weighted by Crippen LogP contribution is 2.14. The van der Waals surface area contributed by atoms with E-state index in [1.165, 1.54) is 154 Å². The lowest BCUT2D eigenvalue weighted by atomic mass is 10.1. The molecule has 9 heteroatoms. The number of rotatable bonds is 50. The van der Waals surface area contributed by atoms with Crippen LogP contribution in [0.1, 0.15) is 245 Å². The maximum Gasteiger partial charge on any atom is 0.307 e. The van der Waals surface area contributed by atoms with Crippen LogP contribution in [0.3, 0.4) is 0 Å². The van der Waals surface area contributed by atoms with E-state index in [9.17, 15) is 14.4 Å². The van der Waals surface area contributed by atoms with Gasteiger partial charge in [0.15, 0.2) is 0 Å². The quantitative estimate of drug-likeness (QED) is 0.0337. The van der Waals surface area contributed by atoms with Crippen LogP contribution in [0.15, 0.2) is 0 Å². The topological polar surface area (TPSA) is 88.6 Å². The molecule has 0 spiro atoms. The van der Waals surface area contributed by atoms with E-state index in [4.69, 9.17) is 14.2 Å². The van der Waals surface area contributed by atoms with Gasteiger partial charge in [-0.15, -0.1) is 0 Å². The van der Waals surface area contributed by atoms with Gasteiger partial charge in [0.25, 0.3) is 0 Å². The largest absolute Gasteiger partial charge is 0.466 e. The Morgan fingerprint density at radius 3 is 0.774 bits per heavy atom. The Bertz CT molecular complexity index is 924. The molecule has 0 bridgehead atoms. The smallest absolute Gasteiger partial charge is 0.307 e. The second kappa shape index (κ2) is 48.7. The molecular formula is C53H105N3O6. The highest BCUT2D eigenvalue weighted by atomic mass is 16.5. The van der Waals surface area contributed by atoms with E-state index in [0.29, 0.717) is 58.7 Å². The monoisotopic (exact) mass is 880 g/mol. The summed E-state index contributed by atoms with van der Waals surface area (Å²) in [5, 5.41) is 0. The van der Waals surface area contributed by atoms with Crippen LogP contribution < -0.4 is 0 Å². The average molecular weight is 880 g/mol. The summed E-state index contributed by atoms with van der Waals surface area (Å²) in [7, 11) is 4.19. The molecule has 0 aliphatic heterocycles. The molecule has 0 aromatic heterocycles. The normalized spacial score (nSPS) is 11.6. The second-order valence-corrected chi connectivity index (χ2v) is 18.7. The summed E-state index contributed by atoms with van der Waals surface area (Å²) >= 11 is 0. The molecule has 0 unspecified atom stereocenters. The van der Waals surface area contributed by atoms with Crippen molar-refractivity contribution in [3.63, 3.8) is 0 Å². The molecule has 0 aliphatic rings. The van der Waals surface area contributed by atoms with Crippen LogP contribution in [0.2, 0.25) is 0 Å². The third kappa shape index (κ3) is 46.3. The van der Waals surface area contributed by atoms with Crippen molar-refractivity contribution in [3.8, 4) is 0 Å². The van der Waals surface area contributed by atoms with Crippen molar-refractivity contribution in [1.82, 2.24) is 14.7 Å². The van der Waals surface area contributed by atoms with Crippen LogP contribution in [0.25, 0.3) is 0 Å². The maximum absolute atomic E-state index is 12.8. The molecule has 0 amide bonds. The Kier molecular flexibility index (Phi) is 47.4. The standard InChI is InChI=1S/C53H105N3O6/c1-6-9-12-15-18-21-24-27-30-33-48-60-51(57)38-45-55(42-36-41-54(4)5)43-37-44-56(46-39-52(58)61-49-34-31-28-25-22-19-16-13-10-7-2)47-40-53(59)62-50-35-32-29-26-23-20-17-14-11-8-3/h6-50H2,1-5H3. The van der Waals surface area contributed by atoms with Crippen molar-refractivity contribution in [3.05, 3.63) is 0 Å². The SMILES string of the molecule is CCCCCCCCCCCCOC(=O)CCN(CCCN(C)C)CCCN(CCC(=O)OCCCCCCCCCCCC)CCC(=O)OCCCCCCCCCCCC. The third-order valence-corrected chi connectivity index (χ3v) is 12.2. The first-order chi connectivity index (χ1) is 30.3. The zero-order chi connectivity index (χ0) is 45.4. The van der Waals surface area contributed by atoms with E-state index in [2.05, 4.69) is 49.6 Å². The van der Waals surface area contributed by atoms with E-state index in [0.717, 1.165) is 77.5 Å². The van der Waals surface area contributed by atoms with E-state index in [-0.39, 0.29) is 17.9 Å². The molecule has 0 rings (SSSR count). The minimum Gasteiger partial charge on any atom is -0.466 e. The first kappa shape index (κ1) is 60.3. The molecule has 0 aliphatic carbocycles. The second-order valence-electron chi connectivity index (χ2n) is 18.7. The average Bonchev–Trinajstić information content (AvgIpc) is 3.26. The highest BCUT2D eigenvalue weighted by Gasteiger charge is 2.15. The summed E-state index contributed by atoms with van der Waals surface area (Å²) < 4.78 is 16.9. The third-order valence-electron chi connectivity index (χ3n) is 12.2. The molecule has 0 radical (unpaired) electrons. The van der Waals surface area contributed by atoms with Gasteiger partial charge in [-0.25, -0.2) is 0 Å². The number of hydrogen-bond acceptors (Lipinski definition) is 9. The van der Waals surface area contributed by atoms with Crippen LogP contribution in [0.5, 0.6) is 0 Å². The van der Waals surface area contributed by atoms with Crippen molar-refractivity contribution in [2.24, 2.45) is 0 Å². The minimum atomic E-state index is -0.156. The predicted octanol–water partition coefficient (Wildman–Crippen LogP) is 13.5. The summed E-state index contributed by atoms with van der Waals surface area (Å²) in [6.45, 7) is 13.6. The van der Waals surface area contributed by atoms with Crippen molar-refractivity contribution in [2.45, 2.75) is 245 Å². The summed E-state index contributed by atoms with van der Waals surface area (Å²) in [5.41, 5.74) is 0. The molecule has 0 N–H and O–H groups in total. The van der Waals surface area contributed by atoms with Crippen LogP contribution in [0.4, 0.5) is 0 Å².